The van der Waals surface area contributed by atoms with Gasteiger partial charge >= 0.3 is 0 Å². The molecule has 0 unspecified atom stereocenters. The number of ether oxygens (including phenoxy) is 1. The predicted molar refractivity (Wildman–Crippen MR) is 119 cm³/mol. The minimum atomic E-state index is -3.60. The summed E-state index contributed by atoms with van der Waals surface area (Å²) in [5, 5.41) is 2.86. The number of benzene rings is 2. The van der Waals surface area contributed by atoms with Crippen molar-refractivity contribution in [2.24, 2.45) is 0 Å². The summed E-state index contributed by atoms with van der Waals surface area (Å²) < 4.78 is 32.5. The number of hydrogen-bond acceptors (Lipinski definition) is 4. The quantitative estimate of drug-likeness (QED) is 0.522. The first kappa shape index (κ1) is 24.1. The second-order valence-corrected chi connectivity index (χ2v) is 8.96. The minimum Gasteiger partial charge on any atom is -0.381 e. The van der Waals surface area contributed by atoms with Crippen LogP contribution in [0.5, 0.6) is 0 Å². The first-order valence-electron chi connectivity index (χ1n) is 10.4. The Morgan fingerprint density at radius 3 is 2.40 bits per heavy atom. The van der Waals surface area contributed by atoms with E-state index >= 15 is 0 Å². The molecule has 0 saturated carbocycles. The van der Waals surface area contributed by atoms with E-state index in [1.54, 1.807) is 32.9 Å². The monoisotopic (exact) mass is 432 g/mol. The Bertz CT molecular complexity index is 910. The number of carbonyl (C=O) groups is 1. The van der Waals surface area contributed by atoms with Gasteiger partial charge in [0, 0.05) is 31.8 Å². The van der Waals surface area contributed by atoms with Gasteiger partial charge in [0.05, 0.1) is 11.5 Å². The van der Waals surface area contributed by atoms with E-state index in [0.29, 0.717) is 44.8 Å². The van der Waals surface area contributed by atoms with Crippen LogP contribution in [0, 0.1) is 6.92 Å². The number of amides is 1. The van der Waals surface area contributed by atoms with Crippen molar-refractivity contribution in [3.05, 3.63) is 65.2 Å². The first-order chi connectivity index (χ1) is 14.4. The summed E-state index contributed by atoms with van der Waals surface area (Å²) in [6, 6.07) is 14.8. The van der Waals surface area contributed by atoms with Crippen LogP contribution >= 0.6 is 0 Å². The SMILES string of the molecule is CCN(CC)S(=O)(=O)c1ccc(C)c(C(=O)NCCCOCCc2ccccc2)c1. The van der Waals surface area contributed by atoms with Gasteiger partial charge in [-0.1, -0.05) is 50.2 Å². The van der Waals surface area contributed by atoms with Crippen molar-refractivity contribution in [3.8, 4) is 0 Å². The summed E-state index contributed by atoms with van der Waals surface area (Å²) in [4.78, 5) is 12.7. The van der Waals surface area contributed by atoms with E-state index in [0.717, 1.165) is 12.0 Å². The number of rotatable bonds is 12. The third-order valence-corrected chi connectivity index (χ3v) is 6.97. The second kappa shape index (κ2) is 11.8. The van der Waals surface area contributed by atoms with Crippen LogP contribution in [0.1, 0.15) is 41.8 Å². The molecule has 7 heteroatoms. The molecule has 164 valence electrons. The summed E-state index contributed by atoms with van der Waals surface area (Å²) in [7, 11) is -3.60. The summed E-state index contributed by atoms with van der Waals surface area (Å²) in [5.74, 6) is -0.270. The van der Waals surface area contributed by atoms with Crippen LogP contribution in [0.15, 0.2) is 53.4 Å². The molecule has 0 saturated heterocycles. The number of sulfonamides is 1. The Kier molecular flexibility index (Phi) is 9.49. The number of nitrogens with one attached hydrogen (secondary N) is 1. The van der Waals surface area contributed by atoms with Gasteiger partial charge in [-0.15, -0.1) is 0 Å². The molecule has 0 aliphatic rings. The Balaban J connectivity index is 1.83. The lowest BCUT2D eigenvalue weighted by Crippen LogP contribution is -2.31. The molecular formula is C23H32N2O4S. The Labute approximate surface area is 180 Å². The van der Waals surface area contributed by atoms with E-state index in [-0.39, 0.29) is 10.8 Å². The Morgan fingerprint density at radius 2 is 1.73 bits per heavy atom. The van der Waals surface area contributed by atoms with Crippen molar-refractivity contribution in [2.75, 3.05) is 32.8 Å². The molecule has 0 aromatic heterocycles. The fraction of sp³-hybridized carbons (Fsp3) is 0.435. The van der Waals surface area contributed by atoms with Gasteiger partial charge in [-0.2, -0.15) is 4.31 Å². The van der Waals surface area contributed by atoms with Crippen LogP contribution in [0.25, 0.3) is 0 Å². The molecule has 0 aliphatic carbocycles. The highest BCUT2D eigenvalue weighted by Gasteiger charge is 2.23. The van der Waals surface area contributed by atoms with Crippen LogP contribution in [-0.2, 0) is 21.2 Å². The number of hydrogen-bond donors (Lipinski definition) is 1. The van der Waals surface area contributed by atoms with Gasteiger partial charge in [0.15, 0.2) is 0 Å². The largest absolute Gasteiger partial charge is 0.381 e. The van der Waals surface area contributed by atoms with E-state index in [4.69, 9.17) is 4.74 Å². The molecule has 0 bridgehead atoms. The molecule has 2 aromatic carbocycles. The highest BCUT2D eigenvalue weighted by atomic mass is 32.2. The molecule has 0 fully saturated rings. The Hall–Kier alpha value is -2.22. The fourth-order valence-corrected chi connectivity index (χ4v) is 4.61. The molecule has 2 aromatic rings. The maximum absolute atomic E-state index is 12.7. The average molecular weight is 433 g/mol. The summed E-state index contributed by atoms with van der Waals surface area (Å²) in [6.45, 7) is 7.84. The first-order valence-corrected chi connectivity index (χ1v) is 11.8. The van der Waals surface area contributed by atoms with Crippen LogP contribution in [0.4, 0.5) is 0 Å². The molecule has 0 heterocycles. The number of nitrogens with zero attached hydrogens (tertiary/aromatic N) is 1. The second-order valence-electron chi connectivity index (χ2n) is 7.02. The lowest BCUT2D eigenvalue weighted by Gasteiger charge is -2.19. The van der Waals surface area contributed by atoms with Crippen molar-refractivity contribution in [3.63, 3.8) is 0 Å². The van der Waals surface area contributed by atoms with Gasteiger partial charge in [0.1, 0.15) is 0 Å². The average Bonchev–Trinajstić information content (AvgIpc) is 2.74. The Morgan fingerprint density at radius 1 is 1.03 bits per heavy atom. The molecular weight excluding hydrogens is 400 g/mol. The van der Waals surface area contributed by atoms with Crippen molar-refractivity contribution < 1.29 is 17.9 Å². The summed E-state index contributed by atoms with van der Waals surface area (Å²) in [6.07, 6.45) is 1.55. The zero-order chi connectivity index (χ0) is 22.0. The van der Waals surface area contributed by atoms with Gasteiger partial charge in [-0.25, -0.2) is 8.42 Å². The van der Waals surface area contributed by atoms with Crippen molar-refractivity contribution in [1.29, 1.82) is 0 Å². The van der Waals surface area contributed by atoms with Gasteiger partial charge in [0.25, 0.3) is 5.91 Å². The van der Waals surface area contributed by atoms with E-state index in [2.05, 4.69) is 17.4 Å². The van der Waals surface area contributed by atoms with Crippen molar-refractivity contribution in [1.82, 2.24) is 9.62 Å². The topological polar surface area (TPSA) is 75.7 Å². The van der Waals surface area contributed by atoms with Crippen molar-refractivity contribution in [2.45, 2.75) is 38.5 Å². The molecule has 2 rings (SSSR count). The molecule has 0 aliphatic heterocycles. The number of aryl methyl sites for hydroxylation is 1. The molecule has 1 amide bonds. The lowest BCUT2D eigenvalue weighted by atomic mass is 10.1. The van der Waals surface area contributed by atoms with E-state index in [1.165, 1.54) is 15.9 Å². The van der Waals surface area contributed by atoms with E-state index < -0.39 is 10.0 Å². The number of carbonyl (C=O) groups excluding carboxylic acids is 1. The molecule has 0 radical (unpaired) electrons. The maximum Gasteiger partial charge on any atom is 0.251 e. The molecule has 1 N–H and O–H groups in total. The zero-order valence-corrected chi connectivity index (χ0v) is 18.9. The minimum absolute atomic E-state index is 0.145. The van der Waals surface area contributed by atoms with Crippen LogP contribution in [0.3, 0.4) is 0 Å². The molecule has 0 spiro atoms. The van der Waals surface area contributed by atoms with Gasteiger partial charge in [0.2, 0.25) is 10.0 Å². The highest BCUT2D eigenvalue weighted by molar-refractivity contribution is 7.89. The third-order valence-electron chi connectivity index (χ3n) is 4.93. The smallest absolute Gasteiger partial charge is 0.251 e. The van der Waals surface area contributed by atoms with Gasteiger partial charge < -0.3 is 10.1 Å². The normalized spacial score (nSPS) is 11.6. The lowest BCUT2D eigenvalue weighted by molar-refractivity contribution is 0.0941. The standard InChI is InChI=1S/C23H32N2O4S/c1-4-25(5-2)30(27,28)21-13-12-19(3)22(18-21)23(26)24-15-9-16-29-17-14-20-10-7-6-8-11-20/h6-8,10-13,18H,4-5,9,14-17H2,1-3H3,(H,24,26). The molecule has 30 heavy (non-hydrogen) atoms. The van der Waals surface area contributed by atoms with Crippen LogP contribution in [0.2, 0.25) is 0 Å². The fourth-order valence-electron chi connectivity index (χ4n) is 3.13. The highest BCUT2D eigenvalue weighted by Crippen LogP contribution is 2.19. The zero-order valence-electron chi connectivity index (χ0n) is 18.1. The molecule has 6 nitrogen and oxygen atoms in total. The summed E-state index contributed by atoms with van der Waals surface area (Å²) >= 11 is 0. The van der Waals surface area contributed by atoms with Gasteiger partial charge in [-0.05, 0) is 43.0 Å². The van der Waals surface area contributed by atoms with Crippen LogP contribution in [-0.4, -0.2) is 51.5 Å². The van der Waals surface area contributed by atoms with Crippen LogP contribution < -0.4 is 5.32 Å². The van der Waals surface area contributed by atoms with E-state index in [9.17, 15) is 13.2 Å². The van der Waals surface area contributed by atoms with Gasteiger partial charge in [-0.3, -0.25) is 4.79 Å². The third kappa shape index (κ3) is 6.65. The predicted octanol–water partition coefficient (Wildman–Crippen LogP) is 3.40. The molecule has 0 atom stereocenters. The van der Waals surface area contributed by atoms with E-state index in [1.807, 2.05) is 18.2 Å². The summed E-state index contributed by atoms with van der Waals surface area (Å²) in [5.41, 5.74) is 2.36. The maximum atomic E-state index is 12.7. The van der Waals surface area contributed by atoms with Crippen molar-refractivity contribution >= 4 is 15.9 Å².